The third kappa shape index (κ3) is 3.97. The highest BCUT2D eigenvalue weighted by molar-refractivity contribution is 5.34. The molecule has 1 unspecified atom stereocenters. The zero-order valence-corrected chi connectivity index (χ0v) is 18.0. The molecule has 29 heavy (non-hydrogen) atoms. The highest BCUT2D eigenvalue weighted by Gasteiger charge is 2.52. The summed E-state index contributed by atoms with van der Waals surface area (Å²) in [7, 11) is 0. The van der Waals surface area contributed by atoms with Gasteiger partial charge in [-0.2, -0.15) is 0 Å². The van der Waals surface area contributed by atoms with E-state index in [4.69, 9.17) is 4.74 Å². The molecule has 4 aliphatic carbocycles. The van der Waals surface area contributed by atoms with Crippen LogP contribution in [-0.4, -0.2) is 6.04 Å². The van der Waals surface area contributed by atoms with Gasteiger partial charge in [-0.25, -0.2) is 0 Å². The van der Waals surface area contributed by atoms with Crippen molar-refractivity contribution in [3.05, 3.63) is 65.2 Å². The molecule has 1 N–H and O–H groups in total. The van der Waals surface area contributed by atoms with Gasteiger partial charge in [-0.05, 0) is 87.2 Å². The monoisotopic (exact) mass is 389 g/mol. The molecule has 6 rings (SSSR count). The van der Waals surface area contributed by atoms with Crippen LogP contribution >= 0.6 is 0 Å². The van der Waals surface area contributed by atoms with E-state index in [9.17, 15) is 0 Å². The molecule has 4 fully saturated rings. The lowest BCUT2D eigenvalue weighted by Crippen LogP contribution is -2.54. The fourth-order valence-electron chi connectivity index (χ4n) is 6.82. The first-order chi connectivity index (χ1) is 14.1. The van der Waals surface area contributed by atoms with Gasteiger partial charge in [0.25, 0.3) is 0 Å². The number of nitrogens with one attached hydrogen (secondary N) is 1. The predicted octanol–water partition coefficient (Wildman–Crippen LogP) is 6.27. The number of hydrogen-bond donors (Lipinski definition) is 1. The number of ether oxygens (including phenoxy) is 1. The first-order valence-corrected chi connectivity index (χ1v) is 11.6. The van der Waals surface area contributed by atoms with E-state index in [-0.39, 0.29) is 0 Å². The van der Waals surface area contributed by atoms with E-state index in [0.717, 1.165) is 30.0 Å². The lowest BCUT2D eigenvalue weighted by atomic mass is 9.48. The molecule has 2 heteroatoms. The van der Waals surface area contributed by atoms with E-state index in [2.05, 4.69) is 67.7 Å². The Bertz CT molecular complexity index is 805. The summed E-state index contributed by atoms with van der Waals surface area (Å²) < 4.78 is 6.20. The lowest BCUT2D eigenvalue weighted by molar-refractivity contribution is -0.0706. The van der Waals surface area contributed by atoms with E-state index in [1.807, 2.05) is 0 Å². The molecule has 0 spiro atoms. The molecule has 2 aromatic carbocycles. The topological polar surface area (TPSA) is 21.3 Å². The molecule has 0 aliphatic heterocycles. The summed E-state index contributed by atoms with van der Waals surface area (Å²) in [6, 6.07) is 17.7. The van der Waals surface area contributed by atoms with Crippen LogP contribution in [-0.2, 0) is 13.2 Å². The standard InChI is InChI=1S/C27H35NO/c1-19-7-9-21(10-8-19)18-29-26-6-4-3-5-25(26)17-28-20(2)27-14-22-11-23(15-27)13-24(12-22)16-27/h3-10,20,22-24,28H,11-18H2,1-2H3. The van der Waals surface area contributed by atoms with Gasteiger partial charge in [-0.15, -0.1) is 0 Å². The van der Waals surface area contributed by atoms with Crippen LogP contribution in [0.1, 0.15) is 62.1 Å². The van der Waals surface area contributed by atoms with Gasteiger partial charge >= 0.3 is 0 Å². The van der Waals surface area contributed by atoms with Crippen LogP contribution in [0.5, 0.6) is 5.75 Å². The second-order valence-corrected chi connectivity index (χ2v) is 10.3. The van der Waals surface area contributed by atoms with Gasteiger partial charge in [0.2, 0.25) is 0 Å². The van der Waals surface area contributed by atoms with Gasteiger partial charge in [-0.3, -0.25) is 0 Å². The summed E-state index contributed by atoms with van der Waals surface area (Å²) in [6.45, 7) is 6.09. The van der Waals surface area contributed by atoms with Crippen molar-refractivity contribution in [2.24, 2.45) is 23.2 Å². The molecule has 0 saturated heterocycles. The minimum Gasteiger partial charge on any atom is -0.489 e. The van der Waals surface area contributed by atoms with Crippen LogP contribution in [0.25, 0.3) is 0 Å². The SMILES string of the molecule is Cc1ccc(COc2ccccc2CNC(C)C23CC4CC(CC(C4)C2)C3)cc1. The van der Waals surface area contributed by atoms with Crippen LogP contribution < -0.4 is 10.1 Å². The van der Waals surface area contributed by atoms with Crippen LogP contribution in [0.3, 0.4) is 0 Å². The Kier molecular flexibility index (Phi) is 5.16. The minimum atomic E-state index is 0.548. The summed E-state index contributed by atoms with van der Waals surface area (Å²) in [6.07, 6.45) is 8.92. The summed E-state index contributed by atoms with van der Waals surface area (Å²) in [5.41, 5.74) is 4.33. The molecule has 4 saturated carbocycles. The highest BCUT2D eigenvalue weighted by atomic mass is 16.5. The zero-order valence-electron chi connectivity index (χ0n) is 18.0. The Balaban J connectivity index is 1.22. The normalized spacial score (nSPS) is 31.0. The van der Waals surface area contributed by atoms with Gasteiger partial charge in [-0.1, -0.05) is 48.0 Å². The van der Waals surface area contributed by atoms with E-state index in [0.29, 0.717) is 18.1 Å². The van der Waals surface area contributed by atoms with Crippen LogP contribution in [0.15, 0.2) is 48.5 Å². The molecule has 0 heterocycles. The Morgan fingerprint density at radius 2 is 1.55 bits per heavy atom. The molecule has 4 bridgehead atoms. The number of aryl methyl sites for hydroxylation is 1. The second-order valence-electron chi connectivity index (χ2n) is 10.3. The fraction of sp³-hybridized carbons (Fsp3) is 0.556. The van der Waals surface area contributed by atoms with E-state index in [1.54, 1.807) is 0 Å². The van der Waals surface area contributed by atoms with Crippen molar-refractivity contribution < 1.29 is 4.74 Å². The van der Waals surface area contributed by atoms with E-state index in [1.165, 1.54) is 55.2 Å². The van der Waals surface area contributed by atoms with Crippen LogP contribution in [0, 0.1) is 30.1 Å². The predicted molar refractivity (Wildman–Crippen MR) is 119 cm³/mol. The maximum atomic E-state index is 6.20. The highest BCUT2D eigenvalue weighted by Crippen LogP contribution is 2.61. The summed E-state index contributed by atoms with van der Waals surface area (Å²) in [4.78, 5) is 0. The van der Waals surface area contributed by atoms with Gasteiger partial charge < -0.3 is 10.1 Å². The zero-order chi connectivity index (χ0) is 19.8. The molecule has 2 aromatic rings. The molecule has 2 nitrogen and oxygen atoms in total. The largest absolute Gasteiger partial charge is 0.489 e. The Morgan fingerprint density at radius 1 is 0.931 bits per heavy atom. The quantitative estimate of drug-likeness (QED) is 0.603. The first-order valence-electron chi connectivity index (χ1n) is 11.6. The summed E-state index contributed by atoms with van der Waals surface area (Å²) in [5.74, 6) is 4.04. The minimum absolute atomic E-state index is 0.548. The molecule has 154 valence electrons. The Labute approximate surface area is 176 Å². The molecule has 4 aliphatic rings. The Hall–Kier alpha value is -1.80. The molecule has 0 radical (unpaired) electrons. The van der Waals surface area contributed by atoms with Crippen LogP contribution in [0.4, 0.5) is 0 Å². The third-order valence-corrected chi connectivity index (χ3v) is 8.09. The van der Waals surface area contributed by atoms with Crippen molar-refractivity contribution in [2.45, 2.75) is 71.6 Å². The molecular weight excluding hydrogens is 354 g/mol. The Morgan fingerprint density at radius 3 is 2.21 bits per heavy atom. The molecular formula is C27H35NO. The van der Waals surface area contributed by atoms with Crippen molar-refractivity contribution in [3.63, 3.8) is 0 Å². The van der Waals surface area contributed by atoms with Crippen molar-refractivity contribution in [3.8, 4) is 5.75 Å². The van der Waals surface area contributed by atoms with Crippen LogP contribution in [0.2, 0.25) is 0 Å². The number of para-hydroxylation sites is 1. The smallest absolute Gasteiger partial charge is 0.124 e. The van der Waals surface area contributed by atoms with Gasteiger partial charge in [0, 0.05) is 18.2 Å². The van der Waals surface area contributed by atoms with Gasteiger partial charge in [0.15, 0.2) is 0 Å². The molecule has 1 atom stereocenters. The molecule has 0 aromatic heterocycles. The second kappa shape index (κ2) is 7.80. The van der Waals surface area contributed by atoms with Crippen molar-refractivity contribution in [2.75, 3.05) is 0 Å². The average molecular weight is 390 g/mol. The maximum Gasteiger partial charge on any atom is 0.124 e. The van der Waals surface area contributed by atoms with Crippen molar-refractivity contribution in [1.82, 2.24) is 5.32 Å². The molecule has 0 amide bonds. The number of rotatable bonds is 7. The average Bonchev–Trinajstić information content (AvgIpc) is 2.71. The van der Waals surface area contributed by atoms with E-state index < -0.39 is 0 Å². The third-order valence-electron chi connectivity index (χ3n) is 8.09. The van der Waals surface area contributed by atoms with Gasteiger partial charge in [0.05, 0.1) is 0 Å². The summed E-state index contributed by atoms with van der Waals surface area (Å²) >= 11 is 0. The van der Waals surface area contributed by atoms with Crippen molar-refractivity contribution >= 4 is 0 Å². The first kappa shape index (κ1) is 19.2. The summed E-state index contributed by atoms with van der Waals surface area (Å²) in [5, 5.41) is 3.92. The van der Waals surface area contributed by atoms with E-state index >= 15 is 0 Å². The fourth-order valence-corrected chi connectivity index (χ4v) is 6.82. The lowest BCUT2D eigenvalue weighted by Gasteiger charge is -2.59. The number of benzene rings is 2. The maximum absolute atomic E-state index is 6.20. The van der Waals surface area contributed by atoms with Crippen molar-refractivity contribution in [1.29, 1.82) is 0 Å². The number of hydrogen-bond acceptors (Lipinski definition) is 2. The van der Waals surface area contributed by atoms with Gasteiger partial charge in [0.1, 0.15) is 12.4 Å².